The number of amides is 3. The summed E-state index contributed by atoms with van der Waals surface area (Å²) in [6.07, 6.45) is 2.60. The number of nitrogens with zero attached hydrogens (tertiary/aromatic N) is 2. The number of thiazole rings is 1. The summed E-state index contributed by atoms with van der Waals surface area (Å²) >= 11 is 3.02. The normalized spacial score (nSPS) is 17.1. The number of nitrogens with one attached hydrogen (secondary N) is 2. The maximum atomic E-state index is 12.9. The fraction of sp³-hybridized carbons (Fsp3) is 0.429. The molecule has 2 atom stereocenters. The Kier molecular flexibility index (Phi) is 7.49. The minimum atomic E-state index is -0.671. The van der Waals surface area contributed by atoms with Gasteiger partial charge in [-0.3, -0.25) is 14.4 Å². The summed E-state index contributed by atoms with van der Waals surface area (Å²) in [6.45, 7) is 4.16. The van der Waals surface area contributed by atoms with E-state index in [-0.39, 0.29) is 24.1 Å². The van der Waals surface area contributed by atoms with Crippen LogP contribution in [0, 0.1) is 19.8 Å². The van der Waals surface area contributed by atoms with Crippen molar-refractivity contribution >= 4 is 51.6 Å². The second-order valence-electron chi connectivity index (χ2n) is 7.23. The maximum Gasteiger partial charge on any atom is 0.248 e. The van der Waals surface area contributed by atoms with E-state index in [4.69, 9.17) is 0 Å². The molecule has 1 aromatic heterocycles. The Balaban J connectivity index is 1.64. The van der Waals surface area contributed by atoms with Crippen molar-refractivity contribution in [2.45, 2.75) is 32.7 Å². The number of anilines is 2. The Morgan fingerprint density at radius 3 is 2.67 bits per heavy atom. The van der Waals surface area contributed by atoms with Crippen molar-refractivity contribution in [1.82, 2.24) is 10.3 Å². The molecule has 1 aliphatic heterocycles. The fourth-order valence-electron chi connectivity index (χ4n) is 3.25. The maximum absolute atomic E-state index is 12.9. The third-order valence-corrected chi connectivity index (χ3v) is 6.70. The first-order valence-corrected chi connectivity index (χ1v) is 12.0. The molecule has 7 nitrogen and oxygen atoms in total. The average Bonchev–Trinajstić information content (AvgIpc) is 3.27. The van der Waals surface area contributed by atoms with E-state index in [1.165, 1.54) is 11.3 Å². The number of aryl methyl sites for hydroxylation is 2. The summed E-state index contributed by atoms with van der Waals surface area (Å²) in [6, 6.07) is 8.64. The van der Waals surface area contributed by atoms with Crippen LogP contribution in [0.1, 0.15) is 23.4 Å². The van der Waals surface area contributed by atoms with Gasteiger partial charge in [-0.2, -0.15) is 11.8 Å². The van der Waals surface area contributed by atoms with Gasteiger partial charge in [0.05, 0.1) is 11.6 Å². The lowest BCUT2D eigenvalue weighted by Gasteiger charge is -2.20. The van der Waals surface area contributed by atoms with E-state index in [2.05, 4.69) is 15.6 Å². The lowest BCUT2D eigenvalue weighted by Crippen LogP contribution is -2.46. The molecular weight excluding hydrogens is 420 g/mol. The molecule has 160 valence electrons. The van der Waals surface area contributed by atoms with Crippen LogP contribution in [0.2, 0.25) is 0 Å². The lowest BCUT2D eigenvalue weighted by atomic mass is 10.1. The van der Waals surface area contributed by atoms with Gasteiger partial charge in [0, 0.05) is 23.5 Å². The number of rotatable bonds is 8. The molecule has 2 N–H and O–H groups in total. The molecule has 1 aromatic carbocycles. The molecule has 0 unspecified atom stereocenters. The molecule has 2 heterocycles. The summed E-state index contributed by atoms with van der Waals surface area (Å²) in [7, 11) is 0. The van der Waals surface area contributed by atoms with Crippen molar-refractivity contribution in [1.29, 1.82) is 0 Å². The SMILES string of the molecule is CSCC[C@H](NC(=O)[C@H]1CC(=O)N(c2ccccc2)C1)C(=O)Nc1nc(C)c(C)s1. The summed E-state index contributed by atoms with van der Waals surface area (Å²) in [5, 5.41) is 6.21. The van der Waals surface area contributed by atoms with Crippen molar-refractivity contribution in [3.8, 4) is 0 Å². The number of hydrogen-bond acceptors (Lipinski definition) is 6. The summed E-state index contributed by atoms with van der Waals surface area (Å²) in [5.41, 5.74) is 1.66. The van der Waals surface area contributed by atoms with E-state index >= 15 is 0 Å². The van der Waals surface area contributed by atoms with Crippen molar-refractivity contribution in [3.05, 3.63) is 40.9 Å². The lowest BCUT2D eigenvalue weighted by molar-refractivity contribution is -0.129. The number of carbonyl (C=O) groups is 3. The Bertz CT molecular complexity index is 897. The largest absolute Gasteiger partial charge is 0.344 e. The van der Waals surface area contributed by atoms with Gasteiger partial charge in [0.1, 0.15) is 6.04 Å². The van der Waals surface area contributed by atoms with Crippen molar-refractivity contribution in [2.75, 3.05) is 28.8 Å². The zero-order valence-corrected chi connectivity index (χ0v) is 18.9. The van der Waals surface area contributed by atoms with Crippen molar-refractivity contribution < 1.29 is 14.4 Å². The van der Waals surface area contributed by atoms with Crippen LogP contribution in [-0.2, 0) is 14.4 Å². The highest BCUT2D eigenvalue weighted by atomic mass is 32.2. The van der Waals surface area contributed by atoms with Gasteiger partial charge in [-0.1, -0.05) is 18.2 Å². The van der Waals surface area contributed by atoms with Crippen LogP contribution in [0.25, 0.3) is 0 Å². The van der Waals surface area contributed by atoms with E-state index in [0.717, 1.165) is 22.0 Å². The quantitative estimate of drug-likeness (QED) is 0.650. The Morgan fingerprint density at radius 2 is 2.03 bits per heavy atom. The zero-order valence-electron chi connectivity index (χ0n) is 17.3. The zero-order chi connectivity index (χ0) is 21.7. The van der Waals surface area contributed by atoms with Gasteiger partial charge in [0.15, 0.2) is 5.13 Å². The van der Waals surface area contributed by atoms with Crippen LogP contribution in [0.5, 0.6) is 0 Å². The van der Waals surface area contributed by atoms with E-state index in [9.17, 15) is 14.4 Å². The number of hydrogen-bond donors (Lipinski definition) is 2. The van der Waals surface area contributed by atoms with Crippen LogP contribution < -0.4 is 15.5 Å². The van der Waals surface area contributed by atoms with E-state index < -0.39 is 12.0 Å². The third kappa shape index (κ3) is 5.40. The predicted octanol–water partition coefficient (Wildman–Crippen LogP) is 2.99. The topological polar surface area (TPSA) is 91.4 Å². The van der Waals surface area contributed by atoms with E-state index in [0.29, 0.717) is 18.1 Å². The van der Waals surface area contributed by atoms with E-state index in [1.807, 2.05) is 50.4 Å². The Hall–Kier alpha value is -2.39. The van der Waals surface area contributed by atoms with Crippen molar-refractivity contribution in [2.24, 2.45) is 5.92 Å². The predicted molar refractivity (Wildman–Crippen MR) is 122 cm³/mol. The van der Waals surface area contributed by atoms with Crippen molar-refractivity contribution in [3.63, 3.8) is 0 Å². The fourth-order valence-corrected chi connectivity index (χ4v) is 4.54. The third-order valence-electron chi connectivity index (χ3n) is 5.07. The minimum Gasteiger partial charge on any atom is -0.344 e. The van der Waals surface area contributed by atoms with Crippen LogP contribution in [0.3, 0.4) is 0 Å². The van der Waals surface area contributed by atoms with Gasteiger partial charge >= 0.3 is 0 Å². The summed E-state index contributed by atoms with van der Waals surface area (Å²) < 4.78 is 0. The second kappa shape index (κ2) is 10.1. The molecule has 30 heavy (non-hydrogen) atoms. The van der Waals surface area contributed by atoms with Gasteiger partial charge in [-0.25, -0.2) is 4.98 Å². The molecule has 2 aromatic rings. The number of aromatic nitrogens is 1. The van der Waals surface area contributed by atoms with E-state index in [1.54, 1.807) is 16.7 Å². The molecule has 9 heteroatoms. The molecule has 3 amide bonds. The number of benzene rings is 1. The number of carbonyl (C=O) groups excluding carboxylic acids is 3. The molecule has 0 aliphatic carbocycles. The molecule has 3 rings (SSSR count). The number of para-hydroxylation sites is 1. The summed E-state index contributed by atoms with van der Waals surface area (Å²) in [4.78, 5) is 45.1. The molecule has 1 saturated heterocycles. The monoisotopic (exact) mass is 446 g/mol. The first-order chi connectivity index (χ1) is 14.4. The van der Waals surface area contributed by atoms with Crippen LogP contribution in [-0.4, -0.2) is 47.3 Å². The highest BCUT2D eigenvalue weighted by Gasteiger charge is 2.36. The average molecular weight is 447 g/mol. The first kappa shape index (κ1) is 22.3. The molecular formula is C21H26N4O3S2. The first-order valence-electron chi connectivity index (χ1n) is 9.78. The van der Waals surface area contributed by atoms with Crippen LogP contribution in [0.15, 0.2) is 30.3 Å². The molecule has 0 radical (unpaired) electrons. The second-order valence-corrected chi connectivity index (χ2v) is 9.42. The van der Waals surface area contributed by atoms with Gasteiger partial charge in [-0.15, -0.1) is 11.3 Å². The molecule has 0 spiro atoms. The number of thioether (sulfide) groups is 1. The highest BCUT2D eigenvalue weighted by Crippen LogP contribution is 2.25. The molecule has 0 saturated carbocycles. The van der Waals surface area contributed by atoms with Gasteiger partial charge < -0.3 is 15.5 Å². The van der Waals surface area contributed by atoms with Crippen LogP contribution >= 0.6 is 23.1 Å². The summed E-state index contributed by atoms with van der Waals surface area (Å²) in [5.74, 6) is -0.384. The highest BCUT2D eigenvalue weighted by molar-refractivity contribution is 7.98. The minimum absolute atomic E-state index is 0.0831. The smallest absolute Gasteiger partial charge is 0.248 e. The molecule has 1 fully saturated rings. The van der Waals surface area contributed by atoms with Gasteiger partial charge in [-0.05, 0) is 44.4 Å². The van der Waals surface area contributed by atoms with Gasteiger partial charge in [0.25, 0.3) is 0 Å². The van der Waals surface area contributed by atoms with Crippen LogP contribution in [0.4, 0.5) is 10.8 Å². The standard InChI is InChI=1S/C21H26N4O3S2/c1-13-14(2)30-21(22-13)24-20(28)17(9-10-29-3)23-19(27)15-11-18(26)25(12-15)16-7-5-4-6-8-16/h4-8,15,17H,9-12H2,1-3H3,(H,23,27)(H,22,24,28)/t15-,17-/m0/s1. The molecule has 1 aliphatic rings. The van der Waals surface area contributed by atoms with Gasteiger partial charge in [0.2, 0.25) is 17.7 Å². The molecule has 0 bridgehead atoms. The Morgan fingerprint density at radius 1 is 1.30 bits per heavy atom. The Labute approximate surface area is 184 Å².